The van der Waals surface area contributed by atoms with Gasteiger partial charge in [0.25, 0.3) is 0 Å². The summed E-state index contributed by atoms with van der Waals surface area (Å²) in [5, 5.41) is 13.3. The Hall–Kier alpha value is -4.49. The number of nitrogens with zero attached hydrogens (tertiary/aromatic N) is 3. The Morgan fingerprint density at radius 3 is 2.59 bits per heavy atom. The van der Waals surface area contributed by atoms with Crippen molar-refractivity contribution >= 4 is 44.4 Å². The van der Waals surface area contributed by atoms with Crippen LogP contribution in [0.5, 0.6) is 0 Å². The van der Waals surface area contributed by atoms with Crippen LogP contribution in [0.15, 0.2) is 86.1 Å². The molecule has 6 aromatic rings. The molecule has 0 aliphatic heterocycles. The molecule has 1 aromatic carbocycles. The molecule has 0 aliphatic carbocycles. The van der Waals surface area contributed by atoms with Crippen LogP contribution >= 0.6 is 11.3 Å². The molecule has 0 fully saturated rings. The topological polar surface area (TPSA) is 82.3 Å². The lowest BCUT2D eigenvalue weighted by atomic mass is 10.0. The molecule has 0 amide bonds. The molecule has 0 radical (unpaired) electrons. The zero-order valence-corrected chi connectivity index (χ0v) is 21.5. The van der Waals surface area contributed by atoms with Gasteiger partial charge in [0.2, 0.25) is 0 Å². The highest BCUT2D eigenvalue weighted by Gasteiger charge is 2.16. The van der Waals surface area contributed by atoms with E-state index in [0.717, 1.165) is 73.3 Å². The van der Waals surface area contributed by atoms with E-state index in [2.05, 4.69) is 93.0 Å². The second-order valence-electron chi connectivity index (χ2n) is 9.15. The van der Waals surface area contributed by atoms with E-state index in [4.69, 9.17) is 0 Å². The van der Waals surface area contributed by atoms with E-state index in [1.807, 2.05) is 31.7 Å². The molecule has 6 nitrogen and oxygen atoms in total. The molecule has 0 atom stereocenters. The van der Waals surface area contributed by atoms with Crippen molar-refractivity contribution in [3.63, 3.8) is 0 Å². The molecule has 0 unspecified atom stereocenters. The van der Waals surface area contributed by atoms with Gasteiger partial charge >= 0.3 is 0 Å². The zero-order valence-electron chi connectivity index (χ0n) is 20.7. The smallest absolute Gasteiger partial charge is 0.116 e. The Balaban J connectivity index is 1.42. The number of hydrogen-bond acceptors (Lipinski definition) is 5. The van der Waals surface area contributed by atoms with Crippen LogP contribution in [-0.2, 0) is 0 Å². The number of H-pyrrole nitrogens is 2. The molecule has 0 saturated carbocycles. The maximum Gasteiger partial charge on any atom is 0.116 e. The van der Waals surface area contributed by atoms with Gasteiger partial charge in [-0.3, -0.25) is 15.1 Å². The Labute approximate surface area is 218 Å². The van der Waals surface area contributed by atoms with Crippen LogP contribution in [0.1, 0.15) is 25.1 Å². The SMILES string of the molecule is C=C(CC)Nc1cncc(-c2ccc3[nH]nc(-c4cc5c(-c6ccc(C(=C)C)s6)cncc5[nH]4)c3c2)c1. The third kappa shape index (κ3) is 4.23. The molecule has 0 spiro atoms. The first-order valence-electron chi connectivity index (χ1n) is 12.1. The minimum absolute atomic E-state index is 0.859. The second kappa shape index (κ2) is 9.19. The van der Waals surface area contributed by atoms with E-state index in [-0.39, 0.29) is 0 Å². The van der Waals surface area contributed by atoms with E-state index in [1.165, 1.54) is 9.75 Å². The van der Waals surface area contributed by atoms with Crippen molar-refractivity contribution in [3.05, 3.63) is 91.0 Å². The monoisotopic (exact) mass is 502 g/mol. The number of pyridine rings is 2. The van der Waals surface area contributed by atoms with Crippen molar-refractivity contribution in [2.75, 3.05) is 5.32 Å². The summed E-state index contributed by atoms with van der Waals surface area (Å²) in [7, 11) is 0. The summed E-state index contributed by atoms with van der Waals surface area (Å²) in [5.41, 5.74) is 9.90. The highest BCUT2D eigenvalue weighted by atomic mass is 32.1. The lowest BCUT2D eigenvalue weighted by Crippen LogP contribution is -1.97. The van der Waals surface area contributed by atoms with E-state index in [9.17, 15) is 0 Å². The van der Waals surface area contributed by atoms with Gasteiger partial charge < -0.3 is 10.3 Å². The highest BCUT2D eigenvalue weighted by Crippen LogP contribution is 2.38. The summed E-state index contributed by atoms with van der Waals surface area (Å²) < 4.78 is 0. The first kappa shape index (κ1) is 22.9. The number of thiophene rings is 1. The number of nitrogens with one attached hydrogen (secondary N) is 3. The third-order valence-corrected chi connectivity index (χ3v) is 7.76. The lowest BCUT2D eigenvalue weighted by molar-refractivity contribution is 1.11. The summed E-state index contributed by atoms with van der Waals surface area (Å²) in [6.45, 7) is 12.2. The predicted octanol–water partition coefficient (Wildman–Crippen LogP) is 8.27. The van der Waals surface area contributed by atoms with E-state index >= 15 is 0 Å². The first-order valence-corrected chi connectivity index (χ1v) is 12.9. The first-order chi connectivity index (χ1) is 18.0. The van der Waals surface area contributed by atoms with Gasteiger partial charge in [-0.25, -0.2) is 0 Å². The Bertz CT molecular complexity index is 1800. The van der Waals surface area contributed by atoms with Crippen LogP contribution in [-0.4, -0.2) is 25.1 Å². The Kier molecular flexibility index (Phi) is 5.70. The molecule has 7 heteroatoms. The van der Waals surface area contributed by atoms with Gasteiger partial charge in [0.05, 0.1) is 34.8 Å². The fraction of sp³-hybridized carbons (Fsp3) is 0.100. The van der Waals surface area contributed by atoms with E-state index < -0.39 is 0 Å². The number of aromatic nitrogens is 5. The number of rotatable bonds is 7. The van der Waals surface area contributed by atoms with Crippen molar-refractivity contribution in [1.82, 2.24) is 25.1 Å². The number of anilines is 1. The van der Waals surface area contributed by atoms with Gasteiger partial charge in [-0.1, -0.05) is 26.1 Å². The summed E-state index contributed by atoms with van der Waals surface area (Å²) in [5.74, 6) is 0. The van der Waals surface area contributed by atoms with Gasteiger partial charge in [-0.05, 0) is 60.9 Å². The average Bonchev–Trinajstić information content (AvgIpc) is 3.66. The summed E-state index contributed by atoms with van der Waals surface area (Å²) in [4.78, 5) is 14.8. The third-order valence-electron chi connectivity index (χ3n) is 6.48. The normalized spacial score (nSPS) is 11.3. The molecule has 0 saturated heterocycles. The molecule has 0 aliphatic rings. The number of hydrogen-bond donors (Lipinski definition) is 3. The molecular weight excluding hydrogens is 476 g/mol. The second-order valence-corrected chi connectivity index (χ2v) is 10.2. The minimum Gasteiger partial charge on any atom is -0.358 e. The highest BCUT2D eigenvalue weighted by molar-refractivity contribution is 7.16. The average molecular weight is 503 g/mol. The molecule has 6 rings (SSSR count). The molecular formula is C30H26N6S. The minimum atomic E-state index is 0.859. The van der Waals surface area contributed by atoms with Crippen molar-refractivity contribution < 1.29 is 0 Å². The molecule has 0 bridgehead atoms. The maximum absolute atomic E-state index is 4.67. The number of aromatic amines is 2. The fourth-order valence-electron chi connectivity index (χ4n) is 4.44. The van der Waals surface area contributed by atoms with Gasteiger partial charge in [-0.2, -0.15) is 5.10 Å². The predicted molar refractivity (Wildman–Crippen MR) is 155 cm³/mol. The largest absolute Gasteiger partial charge is 0.358 e. The van der Waals surface area contributed by atoms with Crippen molar-refractivity contribution in [2.45, 2.75) is 20.3 Å². The standard InChI is InChI=1S/C30H26N6S/c1-5-18(4)33-21-10-20(13-31-14-21)19-6-7-25-23(11-19)30(36-35-25)26-12-22-24(15-32-16-27(22)34-26)29-9-8-28(37-29)17(2)3/h6-16,33-34H,2,4-5H2,1,3H3,(H,35,36). The fourth-order valence-corrected chi connectivity index (χ4v) is 5.40. The Morgan fingerprint density at radius 2 is 1.78 bits per heavy atom. The summed E-state index contributed by atoms with van der Waals surface area (Å²) in [6, 6.07) is 14.8. The number of allylic oxidation sites excluding steroid dienone is 2. The summed E-state index contributed by atoms with van der Waals surface area (Å²) in [6.07, 6.45) is 8.34. The maximum atomic E-state index is 4.67. The van der Waals surface area contributed by atoms with Gasteiger partial charge in [0.15, 0.2) is 0 Å². The van der Waals surface area contributed by atoms with Gasteiger partial charge in [0, 0.05) is 49.7 Å². The molecule has 182 valence electrons. The van der Waals surface area contributed by atoms with Crippen LogP contribution in [0, 0.1) is 0 Å². The number of benzene rings is 1. The van der Waals surface area contributed by atoms with Crippen LogP contribution in [0.4, 0.5) is 5.69 Å². The van der Waals surface area contributed by atoms with Crippen molar-refractivity contribution in [2.24, 2.45) is 0 Å². The molecule has 37 heavy (non-hydrogen) atoms. The van der Waals surface area contributed by atoms with Crippen molar-refractivity contribution in [1.29, 1.82) is 0 Å². The molecule has 5 heterocycles. The Morgan fingerprint density at radius 1 is 0.919 bits per heavy atom. The van der Waals surface area contributed by atoms with E-state index in [1.54, 1.807) is 11.3 Å². The van der Waals surface area contributed by atoms with E-state index in [0.29, 0.717) is 0 Å². The lowest BCUT2D eigenvalue weighted by Gasteiger charge is -2.09. The van der Waals surface area contributed by atoms with Crippen LogP contribution in [0.25, 0.3) is 60.3 Å². The summed E-state index contributed by atoms with van der Waals surface area (Å²) >= 11 is 1.73. The van der Waals surface area contributed by atoms with Crippen LogP contribution in [0.2, 0.25) is 0 Å². The quantitative estimate of drug-likeness (QED) is 0.205. The van der Waals surface area contributed by atoms with Crippen LogP contribution < -0.4 is 5.32 Å². The molecule has 3 N–H and O–H groups in total. The van der Waals surface area contributed by atoms with Crippen LogP contribution in [0.3, 0.4) is 0 Å². The molecule has 5 aromatic heterocycles. The van der Waals surface area contributed by atoms with Crippen molar-refractivity contribution in [3.8, 4) is 33.0 Å². The van der Waals surface area contributed by atoms with Gasteiger partial charge in [-0.15, -0.1) is 11.3 Å². The number of fused-ring (bicyclic) bond motifs is 2. The van der Waals surface area contributed by atoms with Gasteiger partial charge in [0.1, 0.15) is 5.69 Å². The zero-order chi connectivity index (χ0) is 25.5.